The zero-order valence-corrected chi connectivity index (χ0v) is 7.60. The first kappa shape index (κ1) is 9.26. The number of carbonyl (C=O) groups excluding carboxylic acids is 2. The molecule has 0 saturated heterocycles. The van der Waals surface area contributed by atoms with Crippen molar-refractivity contribution in [1.82, 2.24) is 4.90 Å². The van der Waals surface area contributed by atoms with Gasteiger partial charge in [-0.1, -0.05) is 11.6 Å². The number of aldehydes is 1. The van der Waals surface area contributed by atoms with Gasteiger partial charge in [-0.15, -0.1) is 0 Å². The lowest BCUT2D eigenvalue weighted by molar-refractivity contribution is -0.129. The summed E-state index contributed by atoms with van der Waals surface area (Å²) in [6.45, 7) is 2.35. The van der Waals surface area contributed by atoms with Gasteiger partial charge in [-0.3, -0.25) is 9.59 Å². The molecular weight excluding hydrogens is 178 g/mol. The molecule has 0 unspecified atom stereocenters. The molecule has 0 spiro atoms. The molecule has 66 valence electrons. The first-order valence-corrected chi connectivity index (χ1v) is 4.22. The number of hydrogen-bond acceptors (Lipinski definition) is 2. The van der Waals surface area contributed by atoms with Gasteiger partial charge in [-0.2, -0.15) is 0 Å². The summed E-state index contributed by atoms with van der Waals surface area (Å²) in [5.41, 5.74) is 0.526. The number of halogens is 1. The van der Waals surface area contributed by atoms with Crippen LogP contribution in [0.5, 0.6) is 0 Å². The third-order valence-electron chi connectivity index (χ3n) is 1.87. The molecule has 0 radical (unpaired) electrons. The van der Waals surface area contributed by atoms with Crippen LogP contribution in [0.2, 0.25) is 0 Å². The van der Waals surface area contributed by atoms with Gasteiger partial charge in [0, 0.05) is 18.5 Å². The summed E-state index contributed by atoms with van der Waals surface area (Å²) in [7, 11) is 0. The van der Waals surface area contributed by atoms with E-state index in [4.69, 9.17) is 11.6 Å². The molecule has 12 heavy (non-hydrogen) atoms. The van der Waals surface area contributed by atoms with E-state index in [1.54, 1.807) is 0 Å². The van der Waals surface area contributed by atoms with Crippen molar-refractivity contribution in [2.24, 2.45) is 0 Å². The topological polar surface area (TPSA) is 37.4 Å². The Kier molecular flexibility index (Phi) is 2.87. The lowest BCUT2D eigenvalue weighted by Gasteiger charge is -2.25. The number of amides is 1. The molecule has 0 N–H and O–H groups in total. The lowest BCUT2D eigenvalue weighted by Crippen LogP contribution is -2.32. The molecule has 1 aliphatic heterocycles. The Hall–Kier alpha value is -0.830. The monoisotopic (exact) mass is 187 g/mol. The van der Waals surface area contributed by atoms with Crippen LogP contribution in [0.1, 0.15) is 19.8 Å². The van der Waals surface area contributed by atoms with Crippen molar-refractivity contribution in [1.29, 1.82) is 0 Å². The van der Waals surface area contributed by atoms with Crippen LogP contribution in [0, 0.1) is 0 Å². The summed E-state index contributed by atoms with van der Waals surface area (Å²) in [6, 6.07) is 0. The molecule has 0 atom stereocenters. The number of nitrogens with zero attached hydrogens (tertiary/aromatic N) is 1. The SMILES string of the molecule is CCN1C(=O)CCC(C=O)=C1Cl. The molecule has 1 heterocycles. The van der Waals surface area contributed by atoms with Gasteiger partial charge in [-0.25, -0.2) is 0 Å². The van der Waals surface area contributed by atoms with Crippen molar-refractivity contribution in [2.75, 3.05) is 6.54 Å². The maximum Gasteiger partial charge on any atom is 0.227 e. The molecule has 4 heteroatoms. The average molecular weight is 188 g/mol. The summed E-state index contributed by atoms with van der Waals surface area (Å²) in [5.74, 6) is -0.00639. The third-order valence-corrected chi connectivity index (χ3v) is 2.32. The highest BCUT2D eigenvalue weighted by atomic mass is 35.5. The zero-order valence-electron chi connectivity index (χ0n) is 6.84. The fourth-order valence-electron chi connectivity index (χ4n) is 1.19. The van der Waals surface area contributed by atoms with Crippen molar-refractivity contribution < 1.29 is 9.59 Å². The second kappa shape index (κ2) is 3.72. The predicted octanol–water partition coefficient (Wildman–Crippen LogP) is 1.28. The van der Waals surface area contributed by atoms with E-state index >= 15 is 0 Å². The molecule has 0 bridgehead atoms. The second-order valence-electron chi connectivity index (χ2n) is 2.57. The second-order valence-corrected chi connectivity index (χ2v) is 2.93. The number of allylic oxidation sites excluding steroid dienone is 1. The minimum Gasteiger partial charge on any atom is -0.303 e. The van der Waals surface area contributed by atoms with E-state index < -0.39 is 0 Å². The standard InChI is InChI=1S/C8H10ClNO2/c1-2-10-7(12)4-3-6(5-11)8(10)9/h5H,2-4H2,1H3. The molecule has 0 aromatic rings. The van der Waals surface area contributed by atoms with Crippen LogP contribution in [0.4, 0.5) is 0 Å². The first-order valence-electron chi connectivity index (χ1n) is 3.85. The molecule has 3 nitrogen and oxygen atoms in total. The van der Waals surface area contributed by atoms with Gasteiger partial charge < -0.3 is 4.90 Å². The van der Waals surface area contributed by atoms with Crippen LogP contribution in [-0.2, 0) is 9.59 Å². The molecule has 0 saturated carbocycles. The van der Waals surface area contributed by atoms with Crippen LogP contribution >= 0.6 is 11.6 Å². The van der Waals surface area contributed by atoms with E-state index in [0.717, 1.165) is 6.29 Å². The quantitative estimate of drug-likeness (QED) is 0.483. The summed E-state index contributed by atoms with van der Waals surface area (Å²) in [4.78, 5) is 23.1. The van der Waals surface area contributed by atoms with Crippen molar-refractivity contribution >= 4 is 23.8 Å². The van der Waals surface area contributed by atoms with Gasteiger partial charge in [0.15, 0.2) is 0 Å². The lowest BCUT2D eigenvalue weighted by atomic mass is 10.1. The van der Waals surface area contributed by atoms with Gasteiger partial charge in [0.05, 0.1) is 0 Å². The molecule has 0 fully saturated rings. The van der Waals surface area contributed by atoms with E-state index in [9.17, 15) is 9.59 Å². The van der Waals surface area contributed by atoms with Gasteiger partial charge >= 0.3 is 0 Å². The molecular formula is C8H10ClNO2. The van der Waals surface area contributed by atoms with Gasteiger partial charge in [0.1, 0.15) is 11.4 Å². The Balaban J connectivity index is 2.95. The van der Waals surface area contributed by atoms with Crippen LogP contribution in [0.15, 0.2) is 10.7 Å². The van der Waals surface area contributed by atoms with Crippen molar-refractivity contribution in [3.05, 3.63) is 10.7 Å². The fraction of sp³-hybridized carbons (Fsp3) is 0.500. The van der Waals surface area contributed by atoms with Crippen LogP contribution in [-0.4, -0.2) is 23.6 Å². The van der Waals surface area contributed by atoms with E-state index in [2.05, 4.69) is 0 Å². The summed E-state index contributed by atoms with van der Waals surface area (Å²) in [6.07, 6.45) is 1.58. The zero-order chi connectivity index (χ0) is 9.14. The Labute approximate surface area is 76.0 Å². The Morgan fingerprint density at radius 3 is 2.75 bits per heavy atom. The molecule has 1 aliphatic rings. The van der Waals surface area contributed by atoms with Gasteiger partial charge in [-0.05, 0) is 13.3 Å². The van der Waals surface area contributed by atoms with Gasteiger partial charge in [0.25, 0.3) is 0 Å². The Morgan fingerprint density at radius 1 is 1.58 bits per heavy atom. The van der Waals surface area contributed by atoms with Crippen LogP contribution in [0.25, 0.3) is 0 Å². The first-order chi connectivity index (χ1) is 5.70. The highest BCUT2D eigenvalue weighted by Gasteiger charge is 2.23. The van der Waals surface area contributed by atoms with Crippen molar-refractivity contribution in [2.45, 2.75) is 19.8 Å². The summed E-state index contributed by atoms with van der Waals surface area (Å²) in [5, 5.41) is 0.295. The van der Waals surface area contributed by atoms with E-state index in [1.807, 2.05) is 6.92 Å². The highest BCUT2D eigenvalue weighted by Crippen LogP contribution is 2.24. The normalized spacial score (nSPS) is 18.5. The van der Waals surface area contributed by atoms with Crippen LogP contribution in [0.3, 0.4) is 0 Å². The molecule has 0 aliphatic carbocycles. The van der Waals surface area contributed by atoms with Crippen molar-refractivity contribution in [3.8, 4) is 0 Å². The minimum atomic E-state index is -0.00639. The fourth-order valence-corrected chi connectivity index (χ4v) is 1.54. The average Bonchev–Trinajstić information content (AvgIpc) is 2.06. The molecule has 1 rings (SSSR count). The predicted molar refractivity (Wildman–Crippen MR) is 45.6 cm³/mol. The maximum atomic E-state index is 11.2. The Morgan fingerprint density at radius 2 is 2.25 bits per heavy atom. The van der Waals surface area contributed by atoms with Crippen molar-refractivity contribution in [3.63, 3.8) is 0 Å². The third kappa shape index (κ3) is 1.50. The summed E-state index contributed by atoms with van der Waals surface area (Å²) >= 11 is 5.80. The largest absolute Gasteiger partial charge is 0.303 e. The molecule has 0 aromatic carbocycles. The number of rotatable bonds is 2. The Bertz CT molecular complexity index is 247. The number of carbonyl (C=O) groups is 2. The smallest absolute Gasteiger partial charge is 0.227 e. The highest BCUT2D eigenvalue weighted by molar-refractivity contribution is 6.32. The molecule has 1 amide bonds. The number of hydrogen-bond donors (Lipinski definition) is 0. The minimum absolute atomic E-state index is 0.00639. The van der Waals surface area contributed by atoms with E-state index in [0.29, 0.717) is 30.1 Å². The van der Waals surface area contributed by atoms with E-state index in [1.165, 1.54) is 4.90 Å². The van der Waals surface area contributed by atoms with Crippen LogP contribution < -0.4 is 0 Å². The van der Waals surface area contributed by atoms with E-state index in [-0.39, 0.29) is 5.91 Å². The maximum absolute atomic E-state index is 11.2. The molecule has 0 aromatic heterocycles. The van der Waals surface area contributed by atoms with Gasteiger partial charge in [0.2, 0.25) is 5.91 Å². The summed E-state index contributed by atoms with van der Waals surface area (Å²) < 4.78 is 0.